The molecule has 0 spiro atoms. The molecule has 2 rings (SSSR count). The fourth-order valence-electron chi connectivity index (χ4n) is 2.33. The summed E-state index contributed by atoms with van der Waals surface area (Å²) in [6.07, 6.45) is 7.88. The number of hydrogen-bond donors (Lipinski definition) is 0. The number of fused-ring (bicyclic) bond motifs is 1. The standard InChI is InChI=1S/C16H21NO/c1-11(2)14-7-10-18-9-6-13-5-8-17-16(12(3)4)15(13)14/h5-9,11-12H,10H2,1-4H3/b9-6-,14-7-. The Hall–Kier alpha value is -1.57. The maximum absolute atomic E-state index is 5.43. The molecule has 1 aliphatic rings. The molecule has 2 heterocycles. The zero-order valence-corrected chi connectivity index (χ0v) is 11.6. The second kappa shape index (κ2) is 5.38. The second-order valence-corrected chi connectivity index (χ2v) is 5.27. The lowest BCUT2D eigenvalue weighted by atomic mass is 9.87. The van der Waals surface area contributed by atoms with Gasteiger partial charge in [0.1, 0.15) is 6.61 Å². The molecule has 1 aromatic heterocycles. The third-order valence-electron chi connectivity index (χ3n) is 3.21. The van der Waals surface area contributed by atoms with Gasteiger partial charge in [-0.05, 0) is 41.2 Å². The third-order valence-corrected chi connectivity index (χ3v) is 3.21. The molecule has 0 aromatic carbocycles. The molecule has 0 bridgehead atoms. The fourth-order valence-corrected chi connectivity index (χ4v) is 2.33. The van der Waals surface area contributed by atoms with Gasteiger partial charge in [0.25, 0.3) is 0 Å². The highest BCUT2D eigenvalue weighted by molar-refractivity contribution is 5.77. The van der Waals surface area contributed by atoms with Crippen LogP contribution in [0.1, 0.15) is 50.4 Å². The highest BCUT2D eigenvalue weighted by atomic mass is 16.5. The van der Waals surface area contributed by atoms with Gasteiger partial charge in [-0.1, -0.05) is 27.7 Å². The van der Waals surface area contributed by atoms with Gasteiger partial charge in [-0.25, -0.2) is 0 Å². The van der Waals surface area contributed by atoms with Gasteiger partial charge in [0.15, 0.2) is 0 Å². The number of hydrogen-bond acceptors (Lipinski definition) is 2. The zero-order chi connectivity index (χ0) is 13.1. The van der Waals surface area contributed by atoms with E-state index in [2.05, 4.69) is 44.8 Å². The number of aromatic nitrogens is 1. The monoisotopic (exact) mass is 243 g/mol. The molecular weight excluding hydrogens is 222 g/mol. The minimum atomic E-state index is 0.427. The van der Waals surface area contributed by atoms with Crippen molar-refractivity contribution in [1.82, 2.24) is 4.98 Å². The van der Waals surface area contributed by atoms with Gasteiger partial charge in [0, 0.05) is 11.8 Å². The van der Waals surface area contributed by atoms with Crippen molar-refractivity contribution in [3.05, 3.63) is 41.4 Å². The van der Waals surface area contributed by atoms with Gasteiger partial charge >= 0.3 is 0 Å². The molecule has 1 aliphatic heterocycles. The minimum Gasteiger partial charge on any atom is -0.497 e. The van der Waals surface area contributed by atoms with Crippen LogP contribution in [0.5, 0.6) is 0 Å². The molecule has 18 heavy (non-hydrogen) atoms. The molecule has 0 amide bonds. The number of ether oxygens (including phenoxy) is 1. The van der Waals surface area contributed by atoms with Crippen molar-refractivity contribution < 1.29 is 4.74 Å². The van der Waals surface area contributed by atoms with Crippen LogP contribution < -0.4 is 0 Å². The summed E-state index contributed by atoms with van der Waals surface area (Å²) in [7, 11) is 0. The zero-order valence-electron chi connectivity index (χ0n) is 11.6. The van der Waals surface area contributed by atoms with Crippen molar-refractivity contribution in [3.8, 4) is 0 Å². The third kappa shape index (κ3) is 2.47. The van der Waals surface area contributed by atoms with Crippen LogP contribution in [0.4, 0.5) is 0 Å². The summed E-state index contributed by atoms with van der Waals surface area (Å²) < 4.78 is 5.43. The van der Waals surface area contributed by atoms with Gasteiger partial charge in [-0.15, -0.1) is 0 Å². The van der Waals surface area contributed by atoms with E-state index < -0.39 is 0 Å². The Morgan fingerprint density at radius 1 is 1.17 bits per heavy atom. The van der Waals surface area contributed by atoms with E-state index in [0.717, 1.165) is 0 Å². The van der Waals surface area contributed by atoms with Crippen LogP contribution in [0.2, 0.25) is 0 Å². The van der Waals surface area contributed by atoms with Crippen molar-refractivity contribution in [2.75, 3.05) is 6.61 Å². The normalized spacial score (nSPS) is 19.6. The van der Waals surface area contributed by atoms with Crippen LogP contribution in [0.3, 0.4) is 0 Å². The first-order valence-corrected chi connectivity index (χ1v) is 6.58. The molecule has 0 radical (unpaired) electrons. The summed E-state index contributed by atoms with van der Waals surface area (Å²) in [5.74, 6) is 0.899. The van der Waals surface area contributed by atoms with E-state index in [1.54, 1.807) is 6.26 Å². The molecule has 0 aliphatic carbocycles. The number of nitrogens with zero attached hydrogens (tertiary/aromatic N) is 1. The second-order valence-electron chi connectivity index (χ2n) is 5.27. The summed E-state index contributed by atoms with van der Waals surface area (Å²) in [4.78, 5) is 4.58. The average Bonchev–Trinajstić information content (AvgIpc) is 2.28. The topological polar surface area (TPSA) is 22.1 Å². The van der Waals surface area contributed by atoms with E-state index in [1.807, 2.05) is 12.3 Å². The first-order valence-electron chi connectivity index (χ1n) is 6.58. The summed E-state index contributed by atoms with van der Waals surface area (Å²) in [6, 6.07) is 2.06. The van der Waals surface area contributed by atoms with Crippen molar-refractivity contribution in [1.29, 1.82) is 0 Å². The average molecular weight is 243 g/mol. The van der Waals surface area contributed by atoms with Gasteiger partial charge < -0.3 is 4.74 Å². The summed E-state index contributed by atoms with van der Waals surface area (Å²) >= 11 is 0. The van der Waals surface area contributed by atoms with E-state index in [-0.39, 0.29) is 0 Å². The largest absolute Gasteiger partial charge is 0.497 e. The molecule has 96 valence electrons. The van der Waals surface area contributed by atoms with Crippen LogP contribution in [-0.2, 0) is 4.74 Å². The Morgan fingerprint density at radius 2 is 1.94 bits per heavy atom. The van der Waals surface area contributed by atoms with E-state index in [0.29, 0.717) is 18.4 Å². The predicted molar refractivity (Wildman–Crippen MR) is 76.1 cm³/mol. The van der Waals surface area contributed by atoms with E-state index in [4.69, 9.17) is 4.74 Å². The molecule has 1 aromatic rings. The van der Waals surface area contributed by atoms with E-state index >= 15 is 0 Å². The van der Waals surface area contributed by atoms with Crippen molar-refractivity contribution >= 4 is 11.6 Å². The van der Waals surface area contributed by atoms with Crippen LogP contribution in [-0.4, -0.2) is 11.6 Å². The molecule has 0 N–H and O–H groups in total. The highest BCUT2D eigenvalue weighted by Gasteiger charge is 2.18. The maximum Gasteiger partial charge on any atom is 0.106 e. The SMILES string of the molecule is CC(C)/C1=C/CO/C=C\c2ccnc(C(C)C)c21. The first-order chi connectivity index (χ1) is 8.61. The van der Waals surface area contributed by atoms with E-state index in [9.17, 15) is 0 Å². The lowest BCUT2D eigenvalue weighted by molar-refractivity contribution is 0.292. The molecule has 0 fully saturated rings. The maximum atomic E-state index is 5.43. The highest BCUT2D eigenvalue weighted by Crippen LogP contribution is 2.33. The lowest BCUT2D eigenvalue weighted by Gasteiger charge is -2.21. The Balaban J connectivity index is 2.67. The van der Waals surface area contributed by atoms with Gasteiger partial charge in [-0.2, -0.15) is 0 Å². The Labute approximate surface area is 109 Å². The lowest BCUT2D eigenvalue weighted by Crippen LogP contribution is -2.07. The minimum absolute atomic E-state index is 0.427. The van der Waals surface area contributed by atoms with Gasteiger partial charge in [0.05, 0.1) is 12.0 Å². The van der Waals surface area contributed by atoms with Crippen molar-refractivity contribution in [2.24, 2.45) is 5.92 Å². The Morgan fingerprint density at radius 3 is 2.61 bits per heavy atom. The molecule has 0 atom stereocenters. The number of rotatable bonds is 2. The van der Waals surface area contributed by atoms with Crippen LogP contribution in [0, 0.1) is 5.92 Å². The van der Waals surface area contributed by atoms with Crippen LogP contribution >= 0.6 is 0 Å². The van der Waals surface area contributed by atoms with Gasteiger partial charge in [-0.3, -0.25) is 4.98 Å². The molecule has 0 unspecified atom stereocenters. The molecule has 2 nitrogen and oxygen atoms in total. The smallest absolute Gasteiger partial charge is 0.106 e. The van der Waals surface area contributed by atoms with Crippen LogP contribution in [0.15, 0.2) is 24.6 Å². The molecular formula is C16H21NO. The summed E-state index contributed by atoms with van der Waals surface area (Å²) in [5, 5.41) is 0. The molecule has 0 saturated heterocycles. The first kappa shape index (κ1) is 12.9. The number of pyridine rings is 1. The Bertz CT molecular complexity index is 484. The summed E-state index contributed by atoms with van der Waals surface area (Å²) in [5.41, 5.74) is 5.01. The summed E-state index contributed by atoms with van der Waals surface area (Å²) in [6.45, 7) is 9.46. The Kier molecular flexibility index (Phi) is 3.85. The molecule has 2 heteroatoms. The number of allylic oxidation sites excluding steroid dienone is 1. The van der Waals surface area contributed by atoms with Crippen LogP contribution in [0.25, 0.3) is 11.6 Å². The fraction of sp³-hybridized carbons (Fsp3) is 0.438. The quantitative estimate of drug-likeness (QED) is 0.775. The van der Waals surface area contributed by atoms with Crippen molar-refractivity contribution in [2.45, 2.75) is 33.6 Å². The molecule has 0 saturated carbocycles. The predicted octanol–water partition coefficient (Wildman–Crippen LogP) is 4.25. The van der Waals surface area contributed by atoms with E-state index in [1.165, 1.54) is 22.4 Å². The van der Waals surface area contributed by atoms with Gasteiger partial charge in [0.2, 0.25) is 0 Å². The van der Waals surface area contributed by atoms with Crippen molar-refractivity contribution in [3.63, 3.8) is 0 Å².